The minimum atomic E-state index is -0.892. The van der Waals surface area contributed by atoms with Crippen LogP contribution in [-0.4, -0.2) is 36.4 Å². The first-order valence-electron chi connectivity index (χ1n) is 11.1. The zero-order chi connectivity index (χ0) is 23.0. The van der Waals surface area contributed by atoms with E-state index in [9.17, 15) is 14.7 Å². The van der Waals surface area contributed by atoms with Crippen LogP contribution in [0.2, 0.25) is 0 Å². The highest BCUT2D eigenvalue weighted by molar-refractivity contribution is 5.82. The fourth-order valence-corrected chi connectivity index (χ4v) is 4.16. The fourth-order valence-electron chi connectivity index (χ4n) is 4.16. The second-order valence-electron chi connectivity index (χ2n) is 7.98. The maximum atomic E-state index is 12.6. The van der Waals surface area contributed by atoms with Gasteiger partial charge >= 0.3 is 12.1 Å². The molecule has 6 heteroatoms. The van der Waals surface area contributed by atoms with Crippen molar-refractivity contribution in [1.29, 1.82) is 0 Å². The Labute approximate surface area is 193 Å². The molecule has 2 N–H and O–H groups in total. The third kappa shape index (κ3) is 5.41. The van der Waals surface area contributed by atoms with Crippen molar-refractivity contribution in [2.75, 3.05) is 13.2 Å². The lowest BCUT2D eigenvalue weighted by molar-refractivity contribution is -0.147. The Morgan fingerprint density at radius 2 is 1.45 bits per heavy atom. The van der Waals surface area contributed by atoms with Crippen LogP contribution in [0.1, 0.15) is 35.4 Å². The number of fused-ring (bicyclic) bond motifs is 3. The van der Waals surface area contributed by atoms with Gasteiger partial charge in [-0.25, -0.2) is 9.59 Å². The predicted molar refractivity (Wildman–Crippen MR) is 125 cm³/mol. The number of esters is 1. The van der Waals surface area contributed by atoms with E-state index in [1.54, 1.807) is 0 Å². The Hall–Kier alpha value is -3.64. The minimum absolute atomic E-state index is 0.0657. The zero-order valence-corrected chi connectivity index (χ0v) is 18.3. The van der Waals surface area contributed by atoms with E-state index in [0.717, 1.165) is 27.8 Å². The smallest absolute Gasteiger partial charge is 0.407 e. The molecule has 0 saturated carbocycles. The number of benzene rings is 3. The van der Waals surface area contributed by atoms with Crippen molar-refractivity contribution in [2.24, 2.45) is 0 Å². The number of carbonyl (C=O) groups excluding carboxylic acids is 2. The van der Waals surface area contributed by atoms with Crippen molar-refractivity contribution < 1.29 is 24.2 Å². The van der Waals surface area contributed by atoms with E-state index >= 15 is 0 Å². The molecular formula is C27H27NO5. The molecule has 0 fully saturated rings. The highest BCUT2D eigenvalue weighted by atomic mass is 16.6. The van der Waals surface area contributed by atoms with Gasteiger partial charge in [-0.05, 0) is 40.7 Å². The van der Waals surface area contributed by atoms with Gasteiger partial charge in [0.1, 0.15) is 19.3 Å². The van der Waals surface area contributed by atoms with Gasteiger partial charge in [-0.3, -0.25) is 0 Å². The van der Waals surface area contributed by atoms with Crippen molar-refractivity contribution >= 4 is 12.1 Å². The maximum absolute atomic E-state index is 12.6. The molecule has 1 atom stereocenters. The molecule has 0 unspecified atom stereocenters. The molecule has 33 heavy (non-hydrogen) atoms. The van der Waals surface area contributed by atoms with Crippen LogP contribution >= 0.6 is 0 Å². The summed E-state index contributed by atoms with van der Waals surface area (Å²) in [5.74, 6) is -0.620. The first-order valence-corrected chi connectivity index (χ1v) is 11.1. The SMILES string of the molecule is O=C(N[C@@H](CCCO)C(=O)OCc1ccccc1)OCC1c2ccccc2-c2ccccc21. The minimum Gasteiger partial charge on any atom is -0.459 e. The summed E-state index contributed by atoms with van der Waals surface area (Å²) in [5.41, 5.74) is 5.38. The van der Waals surface area contributed by atoms with E-state index in [1.807, 2.05) is 66.7 Å². The highest BCUT2D eigenvalue weighted by Crippen LogP contribution is 2.44. The van der Waals surface area contributed by atoms with Crippen LogP contribution in [0.5, 0.6) is 0 Å². The number of ether oxygens (including phenoxy) is 2. The van der Waals surface area contributed by atoms with Crippen LogP contribution in [0, 0.1) is 0 Å². The summed E-state index contributed by atoms with van der Waals surface area (Å²) in [6.07, 6.45) is -0.0697. The number of hydrogen-bond donors (Lipinski definition) is 2. The van der Waals surface area contributed by atoms with Crippen LogP contribution in [-0.2, 0) is 20.9 Å². The molecule has 6 nitrogen and oxygen atoms in total. The summed E-state index contributed by atoms with van der Waals surface area (Å²) in [6, 6.07) is 24.6. The fraction of sp³-hybridized carbons (Fsp3) is 0.259. The number of alkyl carbamates (subject to hydrolysis) is 1. The van der Waals surface area contributed by atoms with Gasteiger partial charge in [-0.1, -0.05) is 78.9 Å². The summed E-state index contributed by atoms with van der Waals surface area (Å²) in [5, 5.41) is 11.8. The number of aliphatic hydroxyl groups excluding tert-OH is 1. The predicted octanol–water partition coefficient (Wildman–Crippen LogP) is 4.41. The average Bonchev–Trinajstić information content (AvgIpc) is 3.18. The molecule has 0 aliphatic heterocycles. The molecule has 0 spiro atoms. The molecule has 0 bridgehead atoms. The molecule has 1 amide bonds. The summed E-state index contributed by atoms with van der Waals surface area (Å²) >= 11 is 0. The van der Waals surface area contributed by atoms with E-state index in [4.69, 9.17) is 9.47 Å². The Balaban J connectivity index is 1.37. The molecular weight excluding hydrogens is 418 g/mol. The third-order valence-electron chi connectivity index (χ3n) is 5.80. The second-order valence-corrected chi connectivity index (χ2v) is 7.98. The van der Waals surface area contributed by atoms with Crippen LogP contribution in [0.25, 0.3) is 11.1 Å². The number of rotatable bonds is 9. The van der Waals surface area contributed by atoms with Crippen molar-refractivity contribution in [3.05, 3.63) is 95.6 Å². The van der Waals surface area contributed by atoms with Crippen molar-refractivity contribution in [2.45, 2.75) is 31.4 Å². The van der Waals surface area contributed by atoms with Gasteiger partial charge in [-0.15, -0.1) is 0 Å². The van der Waals surface area contributed by atoms with Gasteiger partial charge in [0.2, 0.25) is 0 Å². The average molecular weight is 446 g/mol. The van der Waals surface area contributed by atoms with Gasteiger partial charge in [-0.2, -0.15) is 0 Å². The van der Waals surface area contributed by atoms with Crippen molar-refractivity contribution in [1.82, 2.24) is 5.32 Å². The van der Waals surface area contributed by atoms with Gasteiger partial charge in [0.25, 0.3) is 0 Å². The maximum Gasteiger partial charge on any atom is 0.407 e. The van der Waals surface area contributed by atoms with E-state index in [-0.39, 0.29) is 32.2 Å². The molecule has 4 rings (SSSR count). The molecule has 170 valence electrons. The summed E-state index contributed by atoms with van der Waals surface area (Å²) in [6.45, 7) is 0.183. The Bertz CT molecular complexity index is 1050. The van der Waals surface area contributed by atoms with Crippen molar-refractivity contribution in [3.63, 3.8) is 0 Å². The lowest BCUT2D eigenvalue weighted by Gasteiger charge is -2.19. The summed E-state index contributed by atoms with van der Waals surface area (Å²) in [7, 11) is 0. The molecule has 0 radical (unpaired) electrons. The zero-order valence-electron chi connectivity index (χ0n) is 18.3. The van der Waals surface area contributed by atoms with Gasteiger partial charge < -0.3 is 19.9 Å². The Kier molecular flexibility index (Phi) is 7.37. The van der Waals surface area contributed by atoms with Crippen LogP contribution < -0.4 is 5.32 Å². The lowest BCUT2D eigenvalue weighted by atomic mass is 9.98. The van der Waals surface area contributed by atoms with Crippen LogP contribution in [0.15, 0.2) is 78.9 Å². The van der Waals surface area contributed by atoms with Gasteiger partial charge in [0, 0.05) is 12.5 Å². The highest BCUT2D eigenvalue weighted by Gasteiger charge is 2.30. The monoisotopic (exact) mass is 445 g/mol. The van der Waals surface area contributed by atoms with Crippen LogP contribution in [0.4, 0.5) is 4.79 Å². The number of nitrogens with one attached hydrogen (secondary N) is 1. The van der Waals surface area contributed by atoms with E-state index in [1.165, 1.54) is 0 Å². The number of aliphatic hydroxyl groups is 1. The molecule has 3 aromatic rings. The first-order chi connectivity index (χ1) is 16.2. The molecule has 1 aliphatic rings. The molecule has 3 aromatic carbocycles. The second kappa shape index (κ2) is 10.8. The van der Waals surface area contributed by atoms with Gasteiger partial charge in [0.05, 0.1) is 0 Å². The molecule has 0 heterocycles. The summed E-state index contributed by atoms with van der Waals surface area (Å²) in [4.78, 5) is 25.1. The van der Waals surface area contributed by atoms with E-state index in [0.29, 0.717) is 6.42 Å². The number of carbonyl (C=O) groups is 2. The quantitative estimate of drug-likeness (QED) is 0.477. The normalized spacial score (nSPS) is 13.0. The van der Waals surface area contributed by atoms with E-state index in [2.05, 4.69) is 17.4 Å². The van der Waals surface area contributed by atoms with Crippen molar-refractivity contribution in [3.8, 4) is 11.1 Å². The van der Waals surface area contributed by atoms with Crippen LogP contribution in [0.3, 0.4) is 0 Å². The molecule has 1 aliphatic carbocycles. The Morgan fingerprint density at radius 1 is 0.848 bits per heavy atom. The largest absolute Gasteiger partial charge is 0.459 e. The van der Waals surface area contributed by atoms with E-state index < -0.39 is 18.1 Å². The third-order valence-corrected chi connectivity index (χ3v) is 5.80. The number of amides is 1. The van der Waals surface area contributed by atoms with Gasteiger partial charge in [0.15, 0.2) is 0 Å². The lowest BCUT2D eigenvalue weighted by Crippen LogP contribution is -2.42. The standard InChI is InChI=1S/C27H27NO5/c29-16-8-15-25(26(30)32-17-19-9-2-1-3-10-19)28-27(31)33-18-24-22-13-6-4-11-20(22)21-12-5-7-14-23(21)24/h1-7,9-14,24-25,29H,8,15-18H2,(H,28,31)/t25-/m0/s1. The number of hydrogen-bond acceptors (Lipinski definition) is 5. The first kappa shape index (κ1) is 22.6. The topological polar surface area (TPSA) is 84.9 Å². The summed E-state index contributed by atoms with van der Waals surface area (Å²) < 4.78 is 10.9. The molecule has 0 aromatic heterocycles. The Morgan fingerprint density at radius 3 is 2.09 bits per heavy atom. The molecule has 0 saturated heterocycles.